The van der Waals surface area contributed by atoms with Crippen molar-refractivity contribution in [3.63, 3.8) is 0 Å². The van der Waals surface area contributed by atoms with Crippen molar-refractivity contribution < 1.29 is 9.53 Å². The summed E-state index contributed by atoms with van der Waals surface area (Å²) in [6.45, 7) is 6.32. The van der Waals surface area contributed by atoms with Crippen molar-refractivity contribution in [3.05, 3.63) is 0 Å². The standard InChI is InChI=1S/C16H30N2O2S/c1-3-8-16(9-4-2,14(17)21)15(19)18-10-5-11-20-12-13-6-7-13/h13H,3-12H2,1-2H3,(H2,17,21)(H,18,19). The van der Waals surface area contributed by atoms with E-state index in [-0.39, 0.29) is 5.91 Å². The first-order chi connectivity index (χ1) is 10.1. The molecule has 21 heavy (non-hydrogen) atoms. The highest BCUT2D eigenvalue weighted by molar-refractivity contribution is 7.80. The fraction of sp³-hybridized carbons (Fsp3) is 0.875. The van der Waals surface area contributed by atoms with Gasteiger partial charge in [-0.15, -0.1) is 0 Å². The number of hydrogen-bond donors (Lipinski definition) is 2. The molecule has 0 radical (unpaired) electrons. The Morgan fingerprint density at radius 1 is 1.33 bits per heavy atom. The van der Waals surface area contributed by atoms with Gasteiger partial charge in [0.05, 0.1) is 10.4 Å². The zero-order chi connectivity index (χ0) is 15.7. The Hall–Kier alpha value is -0.680. The summed E-state index contributed by atoms with van der Waals surface area (Å²) in [6, 6.07) is 0. The van der Waals surface area contributed by atoms with Gasteiger partial charge in [-0.2, -0.15) is 0 Å². The first-order valence-corrected chi connectivity index (χ1v) is 8.63. The van der Waals surface area contributed by atoms with Gasteiger partial charge in [-0.3, -0.25) is 4.79 Å². The van der Waals surface area contributed by atoms with Crippen LogP contribution in [0.1, 0.15) is 58.8 Å². The Morgan fingerprint density at radius 3 is 2.43 bits per heavy atom. The molecule has 122 valence electrons. The molecule has 1 saturated carbocycles. The number of amides is 1. The summed E-state index contributed by atoms with van der Waals surface area (Å²) < 4.78 is 5.57. The highest BCUT2D eigenvalue weighted by Crippen LogP contribution is 2.31. The van der Waals surface area contributed by atoms with Crippen LogP contribution >= 0.6 is 12.2 Å². The molecule has 4 nitrogen and oxygen atoms in total. The molecule has 5 heteroatoms. The first-order valence-electron chi connectivity index (χ1n) is 8.22. The quantitative estimate of drug-likeness (QED) is 0.429. The maximum Gasteiger partial charge on any atom is 0.233 e. The molecule has 0 bridgehead atoms. The predicted octanol–water partition coefficient (Wildman–Crippen LogP) is 2.79. The van der Waals surface area contributed by atoms with E-state index in [1.54, 1.807) is 0 Å². The summed E-state index contributed by atoms with van der Waals surface area (Å²) >= 11 is 5.18. The van der Waals surface area contributed by atoms with Crippen molar-refractivity contribution in [2.45, 2.75) is 58.8 Å². The molecule has 1 fully saturated rings. The fourth-order valence-electron chi connectivity index (χ4n) is 2.64. The van der Waals surface area contributed by atoms with Gasteiger partial charge in [0.15, 0.2) is 0 Å². The first kappa shape index (κ1) is 18.4. The summed E-state index contributed by atoms with van der Waals surface area (Å²) in [7, 11) is 0. The van der Waals surface area contributed by atoms with E-state index in [4.69, 9.17) is 22.7 Å². The minimum absolute atomic E-state index is 0.0131. The van der Waals surface area contributed by atoms with Crippen LogP contribution in [0.4, 0.5) is 0 Å². The number of carbonyl (C=O) groups excluding carboxylic acids is 1. The smallest absolute Gasteiger partial charge is 0.233 e. The monoisotopic (exact) mass is 314 g/mol. The van der Waals surface area contributed by atoms with Gasteiger partial charge in [-0.1, -0.05) is 38.9 Å². The number of nitrogens with one attached hydrogen (secondary N) is 1. The third kappa shape index (κ3) is 5.91. The number of nitrogens with two attached hydrogens (primary N) is 1. The normalized spacial score (nSPS) is 15.0. The fourth-order valence-corrected chi connectivity index (χ4v) is 2.94. The molecule has 0 atom stereocenters. The highest BCUT2D eigenvalue weighted by atomic mass is 32.1. The molecule has 3 N–H and O–H groups in total. The molecular weight excluding hydrogens is 284 g/mol. The lowest BCUT2D eigenvalue weighted by atomic mass is 9.78. The van der Waals surface area contributed by atoms with Gasteiger partial charge >= 0.3 is 0 Å². The Kier molecular flexibility index (Phi) is 8.19. The average Bonchev–Trinajstić information content (AvgIpc) is 3.25. The van der Waals surface area contributed by atoms with Crippen LogP contribution in [0.2, 0.25) is 0 Å². The van der Waals surface area contributed by atoms with E-state index in [2.05, 4.69) is 19.2 Å². The van der Waals surface area contributed by atoms with E-state index < -0.39 is 5.41 Å². The van der Waals surface area contributed by atoms with Crippen molar-refractivity contribution in [3.8, 4) is 0 Å². The third-order valence-corrected chi connectivity index (χ3v) is 4.45. The molecule has 0 unspecified atom stereocenters. The minimum atomic E-state index is -0.673. The lowest BCUT2D eigenvalue weighted by molar-refractivity contribution is -0.128. The zero-order valence-electron chi connectivity index (χ0n) is 13.5. The van der Waals surface area contributed by atoms with Crippen molar-refractivity contribution in [2.75, 3.05) is 19.8 Å². The van der Waals surface area contributed by atoms with Crippen molar-refractivity contribution in [2.24, 2.45) is 17.1 Å². The number of hydrogen-bond acceptors (Lipinski definition) is 3. The van der Waals surface area contributed by atoms with Gasteiger partial charge in [-0.05, 0) is 38.0 Å². The highest BCUT2D eigenvalue weighted by Gasteiger charge is 2.39. The van der Waals surface area contributed by atoms with Crippen molar-refractivity contribution >= 4 is 23.1 Å². The van der Waals surface area contributed by atoms with Crippen LogP contribution in [0, 0.1) is 11.3 Å². The topological polar surface area (TPSA) is 64.3 Å². The SMILES string of the molecule is CCCC(CCC)(C(=O)NCCCOCC1CC1)C(N)=S. The van der Waals surface area contributed by atoms with Crippen molar-refractivity contribution in [1.82, 2.24) is 5.32 Å². The van der Waals surface area contributed by atoms with E-state index in [0.717, 1.165) is 44.6 Å². The summed E-state index contributed by atoms with van der Waals surface area (Å²) in [5.74, 6) is 0.775. The van der Waals surface area contributed by atoms with Crippen LogP contribution in [0.3, 0.4) is 0 Å². The molecule has 1 amide bonds. The Bertz CT molecular complexity index is 337. The van der Waals surface area contributed by atoms with Crippen LogP contribution in [0.25, 0.3) is 0 Å². The van der Waals surface area contributed by atoms with Gasteiger partial charge < -0.3 is 15.8 Å². The summed E-state index contributed by atoms with van der Waals surface area (Å²) in [5, 5.41) is 2.99. The van der Waals surface area contributed by atoms with Crippen LogP contribution in [-0.4, -0.2) is 30.7 Å². The molecule has 0 spiro atoms. The van der Waals surface area contributed by atoms with Crippen LogP contribution in [-0.2, 0) is 9.53 Å². The maximum atomic E-state index is 12.5. The lowest BCUT2D eigenvalue weighted by Gasteiger charge is -2.31. The van der Waals surface area contributed by atoms with Crippen molar-refractivity contribution in [1.29, 1.82) is 0 Å². The van der Waals surface area contributed by atoms with Gasteiger partial charge in [0, 0.05) is 19.8 Å². The molecule has 1 rings (SSSR count). The molecule has 1 aliphatic rings. The number of ether oxygens (including phenoxy) is 1. The maximum absolute atomic E-state index is 12.5. The van der Waals surface area contributed by atoms with Gasteiger partial charge in [0.1, 0.15) is 0 Å². The molecule has 0 heterocycles. The second-order valence-corrected chi connectivity index (χ2v) is 6.51. The molecule has 0 aliphatic heterocycles. The average molecular weight is 314 g/mol. The Morgan fingerprint density at radius 2 is 1.95 bits per heavy atom. The largest absolute Gasteiger partial charge is 0.392 e. The van der Waals surface area contributed by atoms with E-state index in [0.29, 0.717) is 18.1 Å². The van der Waals surface area contributed by atoms with E-state index >= 15 is 0 Å². The zero-order valence-corrected chi connectivity index (χ0v) is 14.3. The van der Waals surface area contributed by atoms with Crippen LogP contribution in [0.15, 0.2) is 0 Å². The molecule has 1 aliphatic carbocycles. The second kappa shape index (κ2) is 9.36. The predicted molar refractivity (Wildman–Crippen MR) is 90.2 cm³/mol. The molecular formula is C16H30N2O2S. The van der Waals surface area contributed by atoms with Gasteiger partial charge in [0.2, 0.25) is 5.91 Å². The van der Waals surface area contributed by atoms with Gasteiger partial charge in [0.25, 0.3) is 0 Å². The molecule has 0 aromatic heterocycles. The molecule has 0 aromatic carbocycles. The van der Waals surface area contributed by atoms with Crippen LogP contribution < -0.4 is 11.1 Å². The summed E-state index contributed by atoms with van der Waals surface area (Å²) in [5.41, 5.74) is 5.21. The molecule has 0 aromatic rings. The van der Waals surface area contributed by atoms with E-state index in [9.17, 15) is 4.79 Å². The molecule has 0 saturated heterocycles. The summed E-state index contributed by atoms with van der Waals surface area (Å²) in [6.07, 6.45) is 6.69. The Balaban J connectivity index is 2.34. The number of carbonyl (C=O) groups is 1. The lowest BCUT2D eigenvalue weighted by Crippen LogP contribution is -2.49. The third-order valence-electron chi connectivity index (χ3n) is 4.06. The second-order valence-electron chi connectivity index (χ2n) is 6.07. The van der Waals surface area contributed by atoms with Gasteiger partial charge in [-0.25, -0.2) is 0 Å². The summed E-state index contributed by atoms with van der Waals surface area (Å²) in [4.78, 5) is 12.8. The Labute approximate surface area is 134 Å². The van der Waals surface area contributed by atoms with Crippen LogP contribution in [0.5, 0.6) is 0 Å². The number of thiocarbonyl (C=S) groups is 1. The minimum Gasteiger partial charge on any atom is -0.392 e. The number of rotatable bonds is 12. The van der Waals surface area contributed by atoms with E-state index in [1.165, 1.54) is 12.8 Å². The van der Waals surface area contributed by atoms with E-state index in [1.807, 2.05) is 0 Å².